The number of hydrogen-bond acceptors (Lipinski definition) is 4. The summed E-state index contributed by atoms with van der Waals surface area (Å²) in [6.07, 6.45) is 1.43. The van der Waals surface area contributed by atoms with Gasteiger partial charge in [-0.05, 0) is 59.1 Å². The highest BCUT2D eigenvalue weighted by molar-refractivity contribution is 9.10. The standard InChI is InChI=1S/C22H16BrN5O/c1-13-6-5-8-16-14(2)10-19(26-20(13)16)28-21(15(11-24)12-25-28)27-22(29)17-7-3-4-9-18(17)23/h3-10,12H,1-2H3,(H,27,29). The number of fused-ring (bicyclic) bond motifs is 1. The Balaban J connectivity index is 1.83. The van der Waals surface area contributed by atoms with Gasteiger partial charge in [-0.1, -0.05) is 30.3 Å². The smallest absolute Gasteiger partial charge is 0.257 e. The maximum absolute atomic E-state index is 12.8. The number of pyridine rings is 1. The Hall–Kier alpha value is -3.50. The van der Waals surface area contributed by atoms with Gasteiger partial charge in [0.2, 0.25) is 0 Å². The van der Waals surface area contributed by atoms with Crippen LogP contribution in [0.5, 0.6) is 0 Å². The summed E-state index contributed by atoms with van der Waals surface area (Å²) in [6, 6.07) is 17.1. The molecule has 0 radical (unpaired) electrons. The zero-order valence-corrected chi connectivity index (χ0v) is 17.4. The summed E-state index contributed by atoms with van der Waals surface area (Å²) in [5.41, 5.74) is 3.65. The van der Waals surface area contributed by atoms with Crippen LogP contribution in [-0.4, -0.2) is 20.7 Å². The molecule has 0 saturated carbocycles. The van der Waals surface area contributed by atoms with E-state index < -0.39 is 0 Å². The van der Waals surface area contributed by atoms with Crippen molar-refractivity contribution in [2.45, 2.75) is 13.8 Å². The second kappa shape index (κ2) is 7.49. The van der Waals surface area contributed by atoms with Crippen LogP contribution in [0.2, 0.25) is 0 Å². The monoisotopic (exact) mass is 445 g/mol. The number of benzene rings is 2. The molecule has 6 nitrogen and oxygen atoms in total. The van der Waals surface area contributed by atoms with Crippen molar-refractivity contribution >= 4 is 38.6 Å². The van der Waals surface area contributed by atoms with Crippen molar-refractivity contribution in [3.63, 3.8) is 0 Å². The van der Waals surface area contributed by atoms with Crippen molar-refractivity contribution < 1.29 is 4.79 Å². The van der Waals surface area contributed by atoms with Gasteiger partial charge >= 0.3 is 0 Å². The topological polar surface area (TPSA) is 83.6 Å². The maximum atomic E-state index is 12.8. The number of anilines is 1. The summed E-state index contributed by atoms with van der Waals surface area (Å²) >= 11 is 3.38. The molecule has 0 aliphatic carbocycles. The molecule has 0 atom stereocenters. The Kier molecular flexibility index (Phi) is 4.87. The first kappa shape index (κ1) is 18.8. The first-order valence-electron chi connectivity index (χ1n) is 8.91. The minimum absolute atomic E-state index is 0.259. The van der Waals surface area contributed by atoms with Crippen molar-refractivity contribution in [3.05, 3.63) is 81.5 Å². The van der Waals surface area contributed by atoms with E-state index in [-0.39, 0.29) is 17.3 Å². The van der Waals surface area contributed by atoms with Gasteiger partial charge in [-0.15, -0.1) is 0 Å². The molecule has 0 aliphatic heterocycles. The highest BCUT2D eigenvalue weighted by Crippen LogP contribution is 2.26. The summed E-state index contributed by atoms with van der Waals surface area (Å²) in [4.78, 5) is 17.5. The predicted octanol–water partition coefficient (Wildman–Crippen LogP) is 4.92. The first-order chi connectivity index (χ1) is 14.0. The minimum Gasteiger partial charge on any atom is -0.305 e. The molecule has 7 heteroatoms. The Bertz CT molecular complexity index is 1300. The van der Waals surface area contributed by atoms with Gasteiger partial charge in [0.1, 0.15) is 11.6 Å². The van der Waals surface area contributed by atoms with Gasteiger partial charge in [-0.2, -0.15) is 15.0 Å². The fraction of sp³-hybridized carbons (Fsp3) is 0.0909. The lowest BCUT2D eigenvalue weighted by molar-refractivity contribution is 0.102. The van der Waals surface area contributed by atoms with Crippen LogP contribution in [0.15, 0.2) is 59.2 Å². The van der Waals surface area contributed by atoms with Gasteiger partial charge in [-0.25, -0.2) is 4.98 Å². The molecule has 142 valence electrons. The van der Waals surface area contributed by atoms with E-state index in [9.17, 15) is 10.1 Å². The number of nitriles is 1. The van der Waals surface area contributed by atoms with Crippen LogP contribution in [0.25, 0.3) is 16.7 Å². The van der Waals surface area contributed by atoms with E-state index in [1.165, 1.54) is 10.9 Å². The third-order valence-electron chi connectivity index (χ3n) is 4.69. The molecule has 2 aromatic carbocycles. The molecule has 0 bridgehead atoms. The van der Waals surface area contributed by atoms with Gasteiger partial charge in [0.15, 0.2) is 11.6 Å². The number of aromatic nitrogens is 3. The Morgan fingerprint density at radius 3 is 2.69 bits per heavy atom. The average molecular weight is 446 g/mol. The van der Waals surface area contributed by atoms with Gasteiger partial charge in [0, 0.05) is 9.86 Å². The lowest BCUT2D eigenvalue weighted by atomic mass is 10.1. The molecular formula is C22H16BrN5O. The van der Waals surface area contributed by atoms with Gasteiger partial charge < -0.3 is 5.32 Å². The van der Waals surface area contributed by atoms with Crippen LogP contribution in [0, 0.1) is 25.2 Å². The number of amides is 1. The van der Waals surface area contributed by atoms with E-state index in [1.54, 1.807) is 18.2 Å². The van der Waals surface area contributed by atoms with E-state index in [2.05, 4.69) is 32.4 Å². The number of carbonyl (C=O) groups is 1. The molecule has 1 amide bonds. The second-order valence-corrected chi connectivity index (χ2v) is 7.49. The van der Waals surface area contributed by atoms with Crippen LogP contribution >= 0.6 is 15.9 Å². The molecule has 1 N–H and O–H groups in total. The van der Waals surface area contributed by atoms with E-state index in [0.29, 0.717) is 15.9 Å². The first-order valence-corrected chi connectivity index (χ1v) is 9.70. The number of nitrogens with zero attached hydrogens (tertiary/aromatic N) is 4. The summed E-state index contributed by atoms with van der Waals surface area (Å²) < 4.78 is 2.16. The Morgan fingerprint density at radius 2 is 1.93 bits per heavy atom. The zero-order valence-electron chi connectivity index (χ0n) is 15.8. The lowest BCUT2D eigenvalue weighted by Crippen LogP contribution is -2.17. The number of halogens is 1. The average Bonchev–Trinajstić information content (AvgIpc) is 3.11. The van der Waals surface area contributed by atoms with Crippen LogP contribution in [0.1, 0.15) is 27.0 Å². The van der Waals surface area contributed by atoms with E-state index in [0.717, 1.165) is 22.0 Å². The molecule has 0 saturated heterocycles. The minimum atomic E-state index is -0.343. The molecule has 29 heavy (non-hydrogen) atoms. The fourth-order valence-corrected chi connectivity index (χ4v) is 3.66. The SMILES string of the molecule is Cc1cc(-n2ncc(C#N)c2NC(=O)c2ccccc2Br)nc2c(C)cccc12. The number of rotatable bonds is 3. The predicted molar refractivity (Wildman–Crippen MR) is 115 cm³/mol. The molecule has 2 aromatic heterocycles. The number of aryl methyl sites for hydroxylation is 2. The van der Waals surface area contributed by atoms with Crippen LogP contribution in [0.4, 0.5) is 5.82 Å². The van der Waals surface area contributed by atoms with Crippen LogP contribution < -0.4 is 5.32 Å². The summed E-state index contributed by atoms with van der Waals surface area (Å²) in [7, 11) is 0. The lowest BCUT2D eigenvalue weighted by Gasteiger charge is -2.12. The molecular weight excluding hydrogens is 430 g/mol. The third kappa shape index (κ3) is 3.39. The Morgan fingerprint density at radius 1 is 1.14 bits per heavy atom. The van der Waals surface area contributed by atoms with Crippen LogP contribution in [0.3, 0.4) is 0 Å². The number of para-hydroxylation sites is 1. The van der Waals surface area contributed by atoms with Gasteiger partial charge in [0.25, 0.3) is 5.91 Å². The largest absolute Gasteiger partial charge is 0.305 e. The van der Waals surface area contributed by atoms with Gasteiger partial charge in [-0.3, -0.25) is 4.79 Å². The molecule has 2 heterocycles. The quantitative estimate of drug-likeness (QED) is 0.484. The normalized spacial score (nSPS) is 10.7. The van der Waals surface area contributed by atoms with Crippen molar-refractivity contribution in [1.82, 2.24) is 14.8 Å². The van der Waals surface area contributed by atoms with Crippen molar-refractivity contribution in [3.8, 4) is 11.9 Å². The molecule has 0 unspecified atom stereocenters. The summed E-state index contributed by atoms with van der Waals surface area (Å²) in [6.45, 7) is 4.00. The highest BCUT2D eigenvalue weighted by Gasteiger charge is 2.19. The number of nitrogens with one attached hydrogen (secondary N) is 1. The van der Waals surface area contributed by atoms with Gasteiger partial charge in [0.05, 0.1) is 17.3 Å². The third-order valence-corrected chi connectivity index (χ3v) is 5.38. The summed E-state index contributed by atoms with van der Waals surface area (Å²) in [5.74, 6) is 0.478. The molecule has 4 rings (SSSR count). The Labute approximate surface area is 175 Å². The molecule has 0 fully saturated rings. The van der Waals surface area contributed by atoms with Crippen molar-refractivity contribution in [1.29, 1.82) is 5.26 Å². The van der Waals surface area contributed by atoms with E-state index in [1.807, 2.05) is 44.2 Å². The molecule has 0 aliphatic rings. The molecule has 0 spiro atoms. The van der Waals surface area contributed by atoms with Crippen LogP contribution in [-0.2, 0) is 0 Å². The summed E-state index contributed by atoms with van der Waals surface area (Å²) in [5, 5.41) is 17.7. The number of carbonyl (C=O) groups excluding carboxylic acids is 1. The fourth-order valence-electron chi connectivity index (χ4n) is 3.20. The zero-order chi connectivity index (χ0) is 20.5. The highest BCUT2D eigenvalue weighted by atomic mass is 79.9. The number of hydrogen-bond donors (Lipinski definition) is 1. The van der Waals surface area contributed by atoms with Crippen molar-refractivity contribution in [2.24, 2.45) is 0 Å². The van der Waals surface area contributed by atoms with Crippen molar-refractivity contribution in [2.75, 3.05) is 5.32 Å². The second-order valence-electron chi connectivity index (χ2n) is 6.63. The van der Waals surface area contributed by atoms with E-state index in [4.69, 9.17) is 4.98 Å². The van der Waals surface area contributed by atoms with E-state index >= 15 is 0 Å². The molecule has 4 aromatic rings. The maximum Gasteiger partial charge on any atom is 0.257 e.